The van der Waals surface area contributed by atoms with Crippen LogP contribution in [0.1, 0.15) is 12.5 Å². The molecule has 9 nitrogen and oxygen atoms in total. The van der Waals surface area contributed by atoms with Crippen molar-refractivity contribution in [3.8, 4) is 16.9 Å². The molecular formula is C25H22ClN5O4. The number of hydrogen-bond donors (Lipinski definition) is 0. The zero-order chi connectivity index (χ0) is 24.9. The molecule has 0 aliphatic rings. The van der Waals surface area contributed by atoms with Crippen molar-refractivity contribution in [2.45, 2.75) is 20.4 Å². The second-order valence-electron chi connectivity index (χ2n) is 8.09. The summed E-state index contributed by atoms with van der Waals surface area (Å²) in [6, 6.07) is 15.3. The lowest BCUT2D eigenvalue weighted by Gasteiger charge is -2.13. The summed E-state index contributed by atoms with van der Waals surface area (Å²) in [5.41, 5.74) is 2.44. The maximum absolute atomic E-state index is 13.5. The Bertz CT molecular complexity index is 1730. The van der Waals surface area contributed by atoms with Crippen LogP contribution in [0.4, 0.5) is 0 Å². The maximum Gasteiger partial charge on any atom is 0.333 e. The van der Waals surface area contributed by atoms with Gasteiger partial charge in [-0.05, 0) is 31.5 Å². The lowest BCUT2D eigenvalue weighted by atomic mass is 10.1. The Morgan fingerprint density at radius 3 is 2.54 bits per heavy atom. The minimum absolute atomic E-state index is 0.148. The number of fused-ring (bicyclic) bond motifs is 3. The van der Waals surface area contributed by atoms with Crippen LogP contribution in [0.2, 0.25) is 5.02 Å². The van der Waals surface area contributed by atoms with Crippen LogP contribution in [0.5, 0.6) is 0 Å². The van der Waals surface area contributed by atoms with E-state index in [1.54, 1.807) is 17.5 Å². The topological polar surface area (TPSA) is 92.5 Å². The van der Waals surface area contributed by atoms with E-state index >= 15 is 0 Å². The van der Waals surface area contributed by atoms with Crippen molar-refractivity contribution >= 4 is 34.5 Å². The van der Waals surface area contributed by atoms with E-state index in [0.29, 0.717) is 10.8 Å². The zero-order valence-electron chi connectivity index (χ0n) is 19.4. The van der Waals surface area contributed by atoms with Gasteiger partial charge >= 0.3 is 11.7 Å². The SMILES string of the molecule is CCOC(=O)Cn1c(=O)c2c(nc3n(-c4cccc(Cl)c4C)c(-c4ccccc4)cn23)n(C)c1=O. The van der Waals surface area contributed by atoms with Crippen LogP contribution in [0, 0.1) is 6.92 Å². The fourth-order valence-electron chi connectivity index (χ4n) is 4.26. The second-order valence-corrected chi connectivity index (χ2v) is 8.50. The molecule has 178 valence electrons. The molecule has 5 aromatic rings. The van der Waals surface area contributed by atoms with Gasteiger partial charge in [0.25, 0.3) is 5.56 Å². The number of esters is 1. The van der Waals surface area contributed by atoms with E-state index in [-0.39, 0.29) is 17.8 Å². The first kappa shape index (κ1) is 22.7. The van der Waals surface area contributed by atoms with Crippen LogP contribution in [-0.4, -0.2) is 35.7 Å². The van der Waals surface area contributed by atoms with Gasteiger partial charge in [0.05, 0.1) is 18.0 Å². The van der Waals surface area contributed by atoms with E-state index in [0.717, 1.165) is 27.1 Å². The Kier molecular flexibility index (Phi) is 5.56. The average molecular weight is 492 g/mol. The lowest BCUT2D eigenvalue weighted by molar-refractivity contribution is -0.143. The van der Waals surface area contributed by atoms with Gasteiger partial charge in [-0.3, -0.25) is 23.1 Å². The molecule has 5 rings (SSSR count). The summed E-state index contributed by atoms with van der Waals surface area (Å²) in [7, 11) is 1.52. The van der Waals surface area contributed by atoms with Crippen LogP contribution >= 0.6 is 11.6 Å². The fourth-order valence-corrected chi connectivity index (χ4v) is 4.43. The summed E-state index contributed by atoms with van der Waals surface area (Å²) in [6.45, 7) is 3.24. The summed E-state index contributed by atoms with van der Waals surface area (Å²) in [5.74, 6) is -0.228. The number of nitrogens with zero attached hydrogens (tertiary/aromatic N) is 5. The Morgan fingerprint density at radius 2 is 1.83 bits per heavy atom. The molecule has 0 radical (unpaired) electrons. The first-order valence-corrected chi connectivity index (χ1v) is 11.4. The third-order valence-electron chi connectivity index (χ3n) is 5.99. The highest BCUT2D eigenvalue weighted by atomic mass is 35.5. The number of imidazole rings is 2. The van der Waals surface area contributed by atoms with Crippen molar-refractivity contribution < 1.29 is 9.53 Å². The third kappa shape index (κ3) is 3.55. The molecule has 10 heteroatoms. The number of ether oxygens (including phenoxy) is 1. The van der Waals surface area contributed by atoms with Crippen molar-refractivity contribution in [1.29, 1.82) is 0 Å². The van der Waals surface area contributed by atoms with Crippen molar-refractivity contribution in [2.75, 3.05) is 6.61 Å². The molecule has 0 saturated carbocycles. The van der Waals surface area contributed by atoms with Gasteiger partial charge in [0.1, 0.15) is 6.54 Å². The number of carbonyl (C=O) groups excluding carboxylic acids is 1. The molecule has 2 aromatic carbocycles. The molecule has 0 aliphatic carbocycles. The Hall–Kier alpha value is -4.11. The first-order chi connectivity index (χ1) is 16.8. The van der Waals surface area contributed by atoms with Gasteiger partial charge < -0.3 is 4.74 Å². The summed E-state index contributed by atoms with van der Waals surface area (Å²) in [5, 5.41) is 0.591. The monoisotopic (exact) mass is 491 g/mol. The molecule has 3 heterocycles. The number of benzene rings is 2. The molecule has 0 fully saturated rings. The molecule has 0 bridgehead atoms. The number of aryl methyl sites for hydroxylation is 1. The number of rotatable bonds is 5. The minimum atomic E-state index is -0.663. The molecule has 0 N–H and O–H groups in total. The van der Waals surface area contributed by atoms with E-state index in [4.69, 9.17) is 21.3 Å². The van der Waals surface area contributed by atoms with Crippen LogP contribution in [0.3, 0.4) is 0 Å². The van der Waals surface area contributed by atoms with Gasteiger partial charge in [-0.1, -0.05) is 48.0 Å². The quantitative estimate of drug-likeness (QED) is 0.352. The van der Waals surface area contributed by atoms with Crippen LogP contribution in [0.15, 0.2) is 64.3 Å². The maximum atomic E-state index is 13.5. The summed E-state index contributed by atoms with van der Waals surface area (Å²) in [6.07, 6.45) is 1.81. The molecule has 0 spiro atoms. The molecule has 0 saturated heterocycles. The number of aromatic nitrogens is 5. The van der Waals surface area contributed by atoms with Crippen LogP contribution in [0.25, 0.3) is 33.9 Å². The highest BCUT2D eigenvalue weighted by Crippen LogP contribution is 2.32. The molecule has 0 atom stereocenters. The van der Waals surface area contributed by atoms with Crippen LogP contribution < -0.4 is 11.2 Å². The van der Waals surface area contributed by atoms with Crippen molar-refractivity contribution in [2.24, 2.45) is 7.05 Å². The van der Waals surface area contributed by atoms with Gasteiger partial charge in [-0.2, -0.15) is 4.98 Å². The van der Waals surface area contributed by atoms with Gasteiger partial charge in [0.2, 0.25) is 5.78 Å². The molecule has 0 amide bonds. The first-order valence-electron chi connectivity index (χ1n) is 11.0. The van der Waals surface area contributed by atoms with Crippen LogP contribution in [-0.2, 0) is 23.1 Å². The molecule has 3 aromatic heterocycles. The van der Waals surface area contributed by atoms with E-state index in [2.05, 4.69) is 0 Å². The van der Waals surface area contributed by atoms with Gasteiger partial charge in [0.15, 0.2) is 11.2 Å². The normalized spacial score (nSPS) is 11.4. The van der Waals surface area contributed by atoms with E-state index in [1.807, 2.05) is 60.0 Å². The molecule has 0 aliphatic heterocycles. The van der Waals surface area contributed by atoms with Crippen molar-refractivity contribution in [3.05, 3.63) is 86.2 Å². The minimum Gasteiger partial charge on any atom is -0.465 e. The Labute approximate surface area is 204 Å². The van der Waals surface area contributed by atoms with E-state index in [9.17, 15) is 14.4 Å². The van der Waals surface area contributed by atoms with Gasteiger partial charge in [-0.25, -0.2) is 9.36 Å². The highest BCUT2D eigenvalue weighted by molar-refractivity contribution is 6.31. The average Bonchev–Trinajstić information content (AvgIpc) is 3.40. The fraction of sp³-hybridized carbons (Fsp3) is 0.200. The molecule has 0 unspecified atom stereocenters. The standard InChI is InChI=1S/C25H22ClN5O4/c1-4-35-20(32)14-30-23(33)21-22(28(3)25(30)34)27-24-29(21)13-19(16-9-6-5-7-10-16)31(24)18-12-8-11-17(26)15(18)2/h5-13H,4,14H2,1-3H3. The third-order valence-corrected chi connectivity index (χ3v) is 6.40. The number of carbonyl (C=O) groups is 1. The Morgan fingerprint density at radius 1 is 1.09 bits per heavy atom. The predicted octanol–water partition coefficient (Wildman–Crippen LogP) is 3.33. The lowest BCUT2D eigenvalue weighted by Crippen LogP contribution is -2.41. The zero-order valence-corrected chi connectivity index (χ0v) is 20.1. The second kappa shape index (κ2) is 8.59. The Balaban J connectivity index is 1.90. The number of hydrogen-bond acceptors (Lipinski definition) is 5. The van der Waals surface area contributed by atoms with Gasteiger partial charge in [-0.15, -0.1) is 0 Å². The molecule has 35 heavy (non-hydrogen) atoms. The summed E-state index contributed by atoms with van der Waals surface area (Å²) < 4.78 is 10.7. The summed E-state index contributed by atoms with van der Waals surface area (Å²) >= 11 is 6.44. The van der Waals surface area contributed by atoms with E-state index < -0.39 is 23.8 Å². The largest absolute Gasteiger partial charge is 0.465 e. The van der Waals surface area contributed by atoms with Gasteiger partial charge in [0, 0.05) is 23.8 Å². The smallest absolute Gasteiger partial charge is 0.333 e. The summed E-state index contributed by atoms with van der Waals surface area (Å²) in [4.78, 5) is 43.2. The highest BCUT2D eigenvalue weighted by Gasteiger charge is 2.24. The van der Waals surface area contributed by atoms with Crippen molar-refractivity contribution in [1.82, 2.24) is 23.1 Å². The molecular weight excluding hydrogens is 470 g/mol. The number of halogens is 1. The van der Waals surface area contributed by atoms with E-state index in [1.165, 1.54) is 11.6 Å². The van der Waals surface area contributed by atoms with Crippen molar-refractivity contribution in [3.63, 3.8) is 0 Å². The predicted molar refractivity (Wildman–Crippen MR) is 133 cm³/mol.